The van der Waals surface area contributed by atoms with Crippen LogP contribution in [0.15, 0.2) is 46.1 Å². The van der Waals surface area contributed by atoms with E-state index >= 15 is 0 Å². The summed E-state index contributed by atoms with van der Waals surface area (Å²) in [5.74, 6) is 0.305. The van der Waals surface area contributed by atoms with Gasteiger partial charge in [-0.2, -0.15) is 4.31 Å². The molecule has 0 spiro atoms. The molecule has 1 aliphatic rings. The van der Waals surface area contributed by atoms with E-state index in [1.807, 2.05) is 11.0 Å². The van der Waals surface area contributed by atoms with Crippen molar-refractivity contribution in [3.05, 3.63) is 53.7 Å². The average Bonchev–Trinajstić information content (AvgIpc) is 3.18. The third-order valence-electron chi connectivity index (χ3n) is 4.55. The molecule has 0 aliphatic carbocycles. The molecule has 10 heteroatoms. The third-order valence-corrected chi connectivity index (χ3v) is 6.36. The van der Waals surface area contributed by atoms with Gasteiger partial charge >= 0.3 is 0 Å². The molecule has 1 aliphatic heterocycles. The van der Waals surface area contributed by atoms with Crippen molar-refractivity contribution >= 4 is 16.0 Å². The van der Waals surface area contributed by atoms with E-state index in [0.29, 0.717) is 50.8 Å². The molecular weight excluding hydrogens is 385 g/mol. The number of nitrogens with one attached hydrogen (secondary N) is 1. The van der Waals surface area contributed by atoms with Gasteiger partial charge in [-0.25, -0.2) is 12.8 Å². The summed E-state index contributed by atoms with van der Waals surface area (Å²) in [7, 11) is -1.74. The fourth-order valence-electron chi connectivity index (χ4n) is 3.11. The largest absolute Gasteiger partial charge is 0.364 e. The summed E-state index contributed by atoms with van der Waals surface area (Å²) in [6.07, 6.45) is 2.03. The number of sulfonamides is 1. The van der Waals surface area contributed by atoms with E-state index in [1.165, 1.54) is 22.7 Å². The Morgan fingerprint density at radius 1 is 1.29 bits per heavy atom. The summed E-state index contributed by atoms with van der Waals surface area (Å²) >= 11 is 0. The highest BCUT2D eigenvalue weighted by atomic mass is 32.2. The molecule has 1 aromatic carbocycles. The highest BCUT2D eigenvalue weighted by molar-refractivity contribution is 7.88. The standard InChI is InChI=1S/C18H24FN5O3S/c1-20-18(21-7-5-15-3-2-4-16(19)13-15)23-8-10-24(11-9-23)28(25,26)14-17-6-12-27-22-17/h2-4,6,12-13H,5,7-11,14H2,1H3,(H,20,21). The highest BCUT2D eigenvalue weighted by Crippen LogP contribution is 2.13. The second-order valence-corrected chi connectivity index (χ2v) is 8.46. The van der Waals surface area contributed by atoms with Gasteiger partial charge in [-0.05, 0) is 24.1 Å². The molecule has 2 heterocycles. The second kappa shape index (κ2) is 9.16. The van der Waals surface area contributed by atoms with Crippen molar-refractivity contribution in [3.63, 3.8) is 0 Å². The first-order valence-electron chi connectivity index (χ1n) is 9.05. The fourth-order valence-corrected chi connectivity index (χ4v) is 4.54. The van der Waals surface area contributed by atoms with Crippen LogP contribution in [0.1, 0.15) is 11.3 Å². The van der Waals surface area contributed by atoms with E-state index in [4.69, 9.17) is 4.52 Å². The monoisotopic (exact) mass is 409 g/mol. The number of guanidine groups is 1. The zero-order valence-electron chi connectivity index (χ0n) is 15.7. The number of aliphatic imine (C=N–C) groups is 1. The van der Waals surface area contributed by atoms with Gasteiger partial charge in [0, 0.05) is 45.8 Å². The van der Waals surface area contributed by atoms with Gasteiger partial charge in [0.25, 0.3) is 0 Å². The van der Waals surface area contributed by atoms with Gasteiger partial charge in [-0.15, -0.1) is 0 Å². The Balaban J connectivity index is 1.48. The smallest absolute Gasteiger partial charge is 0.220 e. The molecule has 1 saturated heterocycles. The Morgan fingerprint density at radius 2 is 2.07 bits per heavy atom. The summed E-state index contributed by atoms with van der Waals surface area (Å²) in [6, 6.07) is 8.07. The lowest BCUT2D eigenvalue weighted by atomic mass is 10.1. The summed E-state index contributed by atoms with van der Waals surface area (Å²) in [6.45, 7) is 2.45. The number of piperazine rings is 1. The minimum atomic E-state index is -3.43. The van der Waals surface area contributed by atoms with Crippen molar-refractivity contribution in [2.75, 3.05) is 39.8 Å². The van der Waals surface area contributed by atoms with Crippen molar-refractivity contribution in [2.45, 2.75) is 12.2 Å². The van der Waals surface area contributed by atoms with E-state index in [0.717, 1.165) is 5.56 Å². The lowest BCUT2D eigenvalue weighted by Gasteiger charge is -2.35. The minimum absolute atomic E-state index is 0.163. The van der Waals surface area contributed by atoms with Gasteiger partial charge in [0.2, 0.25) is 10.0 Å². The Hall–Kier alpha value is -2.46. The molecule has 0 unspecified atom stereocenters. The molecule has 0 amide bonds. The molecule has 28 heavy (non-hydrogen) atoms. The van der Waals surface area contributed by atoms with Gasteiger partial charge in [0.1, 0.15) is 17.8 Å². The SMILES string of the molecule is CN=C(NCCc1cccc(F)c1)N1CCN(S(=O)(=O)Cc2ccon2)CC1. The van der Waals surface area contributed by atoms with Crippen LogP contribution >= 0.6 is 0 Å². The molecule has 0 atom stereocenters. The number of benzene rings is 1. The molecule has 1 aromatic heterocycles. The van der Waals surface area contributed by atoms with Crippen molar-refractivity contribution < 1.29 is 17.3 Å². The first-order valence-corrected chi connectivity index (χ1v) is 10.7. The Bertz CT molecular complexity index is 894. The molecule has 0 radical (unpaired) electrons. The van der Waals surface area contributed by atoms with Crippen LogP contribution in [0.4, 0.5) is 4.39 Å². The quantitative estimate of drug-likeness (QED) is 0.567. The summed E-state index contributed by atoms with van der Waals surface area (Å²) in [5, 5.41) is 6.93. The zero-order chi connectivity index (χ0) is 20.0. The maximum Gasteiger partial charge on any atom is 0.220 e. The van der Waals surface area contributed by atoms with Crippen LogP contribution in [-0.4, -0.2) is 68.5 Å². The van der Waals surface area contributed by atoms with Crippen LogP contribution in [0.25, 0.3) is 0 Å². The van der Waals surface area contributed by atoms with E-state index in [1.54, 1.807) is 19.2 Å². The van der Waals surface area contributed by atoms with E-state index in [-0.39, 0.29) is 11.6 Å². The molecule has 2 aromatic rings. The van der Waals surface area contributed by atoms with Gasteiger partial charge in [-0.1, -0.05) is 17.3 Å². The van der Waals surface area contributed by atoms with Crippen LogP contribution in [0.3, 0.4) is 0 Å². The van der Waals surface area contributed by atoms with Crippen molar-refractivity contribution in [2.24, 2.45) is 4.99 Å². The maximum atomic E-state index is 13.2. The molecular formula is C18H24FN5O3S. The van der Waals surface area contributed by atoms with Crippen LogP contribution in [0, 0.1) is 5.82 Å². The fraction of sp³-hybridized carbons (Fsp3) is 0.444. The topological polar surface area (TPSA) is 91.0 Å². The van der Waals surface area contributed by atoms with Crippen LogP contribution in [0.5, 0.6) is 0 Å². The minimum Gasteiger partial charge on any atom is -0.364 e. The number of rotatable bonds is 6. The molecule has 1 fully saturated rings. The van der Waals surface area contributed by atoms with E-state index in [9.17, 15) is 12.8 Å². The predicted octanol–water partition coefficient (Wildman–Crippen LogP) is 1.08. The Labute approximate surface area is 164 Å². The lowest BCUT2D eigenvalue weighted by Crippen LogP contribution is -2.54. The lowest BCUT2D eigenvalue weighted by molar-refractivity contribution is 0.260. The third kappa shape index (κ3) is 5.29. The molecule has 152 valence electrons. The van der Waals surface area contributed by atoms with E-state index in [2.05, 4.69) is 15.5 Å². The van der Waals surface area contributed by atoms with Gasteiger partial charge in [0.15, 0.2) is 5.96 Å². The number of hydrogen-bond donors (Lipinski definition) is 1. The molecule has 3 rings (SSSR count). The van der Waals surface area contributed by atoms with Crippen molar-refractivity contribution in [1.82, 2.24) is 19.7 Å². The zero-order valence-corrected chi connectivity index (χ0v) is 16.5. The van der Waals surface area contributed by atoms with Crippen LogP contribution < -0.4 is 5.32 Å². The first-order chi connectivity index (χ1) is 13.5. The van der Waals surface area contributed by atoms with Gasteiger partial charge < -0.3 is 14.7 Å². The number of aromatic nitrogens is 1. The molecule has 8 nitrogen and oxygen atoms in total. The number of hydrogen-bond acceptors (Lipinski definition) is 5. The Morgan fingerprint density at radius 3 is 2.71 bits per heavy atom. The molecule has 0 bridgehead atoms. The van der Waals surface area contributed by atoms with Gasteiger partial charge in [0.05, 0.1) is 5.69 Å². The molecule has 1 N–H and O–H groups in total. The van der Waals surface area contributed by atoms with Crippen molar-refractivity contribution in [3.8, 4) is 0 Å². The van der Waals surface area contributed by atoms with Crippen molar-refractivity contribution in [1.29, 1.82) is 0 Å². The Kier molecular flexibility index (Phi) is 6.63. The highest BCUT2D eigenvalue weighted by Gasteiger charge is 2.28. The van der Waals surface area contributed by atoms with Crippen LogP contribution in [0.2, 0.25) is 0 Å². The van der Waals surface area contributed by atoms with Gasteiger partial charge in [-0.3, -0.25) is 4.99 Å². The summed E-state index contributed by atoms with van der Waals surface area (Å²) in [4.78, 5) is 6.30. The van der Waals surface area contributed by atoms with E-state index < -0.39 is 10.0 Å². The number of halogens is 1. The molecule has 0 saturated carbocycles. The average molecular weight is 409 g/mol. The van der Waals surface area contributed by atoms with Crippen LogP contribution in [-0.2, 0) is 22.2 Å². The number of nitrogens with zero attached hydrogens (tertiary/aromatic N) is 4. The predicted molar refractivity (Wildman–Crippen MR) is 104 cm³/mol. The maximum absolute atomic E-state index is 13.2. The summed E-state index contributed by atoms with van der Waals surface area (Å²) < 4.78 is 44.4. The first kappa shape index (κ1) is 20.3. The normalized spacial score (nSPS) is 16.4. The summed E-state index contributed by atoms with van der Waals surface area (Å²) in [5.41, 5.74) is 1.31. The second-order valence-electron chi connectivity index (χ2n) is 6.49.